The van der Waals surface area contributed by atoms with E-state index in [0.717, 1.165) is 26.4 Å². The largest absolute Gasteiger partial charge is 0.479 e. The lowest BCUT2D eigenvalue weighted by atomic mass is 10.2. The van der Waals surface area contributed by atoms with Gasteiger partial charge in [-0.15, -0.1) is 0 Å². The monoisotopic (exact) mass is 520 g/mol. The molecule has 3 aromatic rings. The minimum atomic E-state index is -4.75. The molecule has 0 fully saturated rings. The summed E-state index contributed by atoms with van der Waals surface area (Å²) in [6, 6.07) is 5.88. The third kappa shape index (κ3) is 6.21. The molecule has 0 amide bonds. The predicted molar refractivity (Wildman–Crippen MR) is 117 cm³/mol. The van der Waals surface area contributed by atoms with Gasteiger partial charge in [-0.1, -0.05) is 11.6 Å². The van der Waals surface area contributed by atoms with Gasteiger partial charge in [0.2, 0.25) is 10.0 Å². The fourth-order valence-corrected chi connectivity index (χ4v) is 3.44. The van der Waals surface area contributed by atoms with Gasteiger partial charge in [-0.05, 0) is 32.2 Å². The molecule has 2 aromatic heterocycles. The quantitative estimate of drug-likeness (QED) is 0.374. The van der Waals surface area contributed by atoms with Crippen molar-refractivity contribution in [1.29, 1.82) is 0 Å². The minimum absolute atomic E-state index is 0.0374. The summed E-state index contributed by atoms with van der Waals surface area (Å²) in [5.74, 6) is -1.21. The van der Waals surface area contributed by atoms with Crippen LogP contribution in [-0.4, -0.2) is 42.7 Å². The fourth-order valence-electron chi connectivity index (χ4n) is 2.52. The number of benzene rings is 1. The summed E-state index contributed by atoms with van der Waals surface area (Å²) in [5, 5.41) is 5.93. The lowest BCUT2D eigenvalue weighted by Crippen LogP contribution is -2.31. The van der Waals surface area contributed by atoms with E-state index >= 15 is 0 Å². The molecule has 0 aliphatic rings. The lowest BCUT2D eigenvalue weighted by Gasteiger charge is -2.21. The van der Waals surface area contributed by atoms with E-state index in [2.05, 4.69) is 25.6 Å². The fraction of sp³-hybridized carbons (Fsp3) is 0.211. The molecule has 0 bridgehead atoms. The third-order valence-corrected chi connectivity index (χ3v) is 5.92. The van der Waals surface area contributed by atoms with Gasteiger partial charge in [0.15, 0.2) is 6.10 Å². The van der Waals surface area contributed by atoms with E-state index in [1.807, 2.05) is 4.72 Å². The second-order valence-corrected chi connectivity index (χ2v) is 8.98. The molecule has 0 radical (unpaired) electrons. The molecule has 0 aliphatic carbocycles. The molecule has 9 nitrogen and oxygen atoms in total. The summed E-state index contributed by atoms with van der Waals surface area (Å²) >= 11 is 5.79. The molecule has 3 N–H and O–H groups in total. The number of nitrogens with zero attached hydrogens (tertiary/aromatic N) is 3. The topological polar surface area (TPSA) is 118 Å². The molecule has 0 spiro atoms. The van der Waals surface area contributed by atoms with Gasteiger partial charge in [0.05, 0.1) is 10.7 Å². The van der Waals surface area contributed by atoms with Crippen LogP contribution in [0.4, 0.5) is 40.7 Å². The standard InChI is InChI=1S/C19H17ClF4N6O3S/c1-10(19(22,23)24)33-14-5-12(21)15(34(31,32)25-2)6-13(14)29-17-7-18(28-9-27-17)30-16-4-3-11(20)8-26-16/h3-10,25H,1-2H3,(H2,26,27,28,29,30). The molecular formula is C19H17ClF4N6O3S. The molecule has 15 heteroatoms. The summed E-state index contributed by atoms with van der Waals surface area (Å²) in [6.45, 7) is 0.728. The maximum atomic E-state index is 14.5. The zero-order chi connectivity index (χ0) is 25.1. The number of anilines is 4. The number of nitrogens with one attached hydrogen (secondary N) is 3. The number of ether oxygens (including phenoxy) is 1. The first kappa shape index (κ1) is 25.4. The molecule has 2 heterocycles. The molecule has 0 saturated carbocycles. The second kappa shape index (κ2) is 9.95. The second-order valence-electron chi connectivity index (χ2n) is 6.69. The van der Waals surface area contributed by atoms with Gasteiger partial charge in [-0.3, -0.25) is 0 Å². The zero-order valence-electron chi connectivity index (χ0n) is 17.5. The Labute approximate surface area is 196 Å². The highest BCUT2D eigenvalue weighted by molar-refractivity contribution is 7.89. The van der Waals surface area contributed by atoms with E-state index in [9.17, 15) is 26.0 Å². The van der Waals surface area contributed by atoms with Crippen molar-refractivity contribution in [2.24, 2.45) is 0 Å². The highest BCUT2D eigenvalue weighted by Gasteiger charge is 2.38. The maximum absolute atomic E-state index is 14.5. The number of sulfonamides is 1. The van der Waals surface area contributed by atoms with Crippen molar-refractivity contribution in [2.45, 2.75) is 24.1 Å². The highest BCUT2D eigenvalue weighted by Crippen LogP contribution is 2.35. The first-order chi connectivity index (χ1) is 15.9. The van der Waals surface area contributed by atoms with Gasteiger partial charge in [-0.25, -0.2) is 32.5 Å². The number of pyridine rings is 1. The van der Waals surface area contributed by atoms with E-state index in [1.54, 1.807) is 12.1 Å². The Bertz CT molecular complexity index is 1280. The Kier molecular flexibility index (Phi) is 7.43. The van der Waals surface area contributed by atoms with Gasteiger partial charge < -0.3 is 15.4 Å². The molecule has 1 atom stereocenters. The average molecular weight is 521 g/mol. The van der Waals surface area contributed by atoms with Crippen LogP contribution in [0.15, 0.2) is 47.8 Å². The Hall–Kier alpha value is -3.23. The molecule has 0 aliphatic heterocycles. The third-order valence-electron chi connectivity index (χ3n) is 4.27. The van der Waals surface area contributed by atoms with Crippen LogP contribution >= 0.6 is 11.6 Å². The molecule has 0 saturated heterocycles. The van der Waals surface area contributed by atoms with Gasteiger partial charge in [0.25, 0.3) is 0 Å². The number of rotatable bonds is 8. The molecule has 1 unspecified atom stereocenters. The SMILES string of the molecule is CNS(=O)(=O)c1cc(Nc2cc(Nc3ccc(Cl)cn3)ncn2)c(OC(C)C(F)(F)F)cc1F. The molecular weight excluding hydrogens is 504 g/mol. The molecule has 34 heavy (non-hydrogen) atoms. The first-order valence-electron chi connectivity index (χ1n) is 9.37. The summed E-state index contributed by atoms with van der Waals surface area (Å²) in [6.07, 6.45) is -4.52. The van der Waals surface area contributed by atoms with Crippen LogP contribution in [0.2, 0.25) is 5.02 Å². The Morgan fingerprint density at radius 2 is 1.71 bits per heavy atom. The van der Waals surface area contributed by atoms with Crippen molar-refractivity contribution in [1.82, 2.24) is 19.7 Å². The van der Waals surface area contributed by atoms with Gasteiger partial charge in [0, 0.05) is 18.3 Å². The van der Waals surface area contributed by atoms with E-state index in [4.69, 9.17) is 16.3 Å². The van der Waals surface area contributed by atoms with Crippen LogP contribution in [-0.2, 0) is 10.0 Å². The van der Waals surface area contributed by atoms with Crippen LogP contribution in [0.1, 0.15) is 6.92 Å². The highest BCUT2D eigenvalue weighted by atomic mass is 35.5. The van der Waals surface area contributed by atoms with Crippen molar-refractivity contribution in [3.8, 4) is 5.75 Å². The van der Waals surface area contributed by atoms with Gasteiger partial charge >= 0.3 is 6.18 Å². The van der Waals surface area contributed by atoms with Crippen molar-refractivity contribution in [2.75, 3.05) is 17.7 Å². The van der Waals surface area contributed by atoms with E-state index in [0.29, 0.717) is 16.9 Å². The van der Waals surface area contributed by atoms with Crippen LogP contribution in [0.3, 0.4) is 0 Å². The number of hydrogen-bond acceptors (Lipinski definition) is 8. The lowest BCUT2D eigenvalue weighted by molar-refractivity contribution is -0.189. The van der Waals surface area contributed by atoms with Crippen LogP contribution in [0, 0.1) is 5.82 Å². The number of hydrogen-bond donors (Lipinski definition) is 3. The van der Waals surface area contributed by atoms with Gasteiger partial charge in [0.1, 0.15) is 40.2 Å². The van der Waals surface area contributed by atoms with Gasteiger partial charge in [-0.2, -0.15) is 13.2 Å². The number of aromatic nitrogens is 3. The van der Waals surface area contributed by atoms with E-state index in [1.165, 1.54) is 12.3 Å². The summed E-state index contributed by atoms with van der Waals surface area (Å²) in [7, 11) is -3.22. The maximum Gasteiger partial charge on any atom is 0.425 e. The number of alkyl halides is 3. The summed E-state index contributed by atoms with van der Waals surface area (Å²) in [5.41, 5.74) is -0.277. The van der Waals surface area contributed by atoms with E-state index in [-0.39, 0.29) is 17.3 Å². The van der Waals surface area contributed by atoms with Crippen molar-refractivity contribution in [3.63, 3.8) is 0 Å². The van der Waals surface area contributed by atoms with Crippen LogP contribution < -0.4 is 20.1 Å². The summed E-state index contributed by atoms with van der Waals surface area (Å²) < 4.78 is 84.6. The van der Waals surface area contributed by atoms with Crippen molar-refractivity contribution in [3.05, 3.63) is 53.7 Å². The first-order valence-corrected chi connectivity index (χ1v) is 11.2. The zero-order valence-corrected chi connectivity index (χ0v) is 19.1. The Morgan fingerprint density at radius 3 is 2.29 bits per heavy atom. The van der Waals surface area contributed by atoms with Crippen LogP contribution in [0.25, 0.3) is 0 Å². The summed E-state index contributed by atoms with van der Waals surface area (Å²) in [4.78, 5) is 11.2. The number of halogens is 5. The molecule has 182 valence electrons. The smallest absolute Gasteiger partial charge is 0.425 e. The Balaban J connectivity index is 1.98. The Morgan fingerprint density at radius 1 is 1.03 bits per heavy atom. The predicted octanol–water partition coefficient (Wildman–Crippen LogP) is 4.39. The van der Waals surface area contributed by atoms with Crippen molar-refractivity contribution < 1.29 is 30.7 Å². The normalized spacial score (nSPS) is 12.8. The minimum Gasteiger partial charge on any atom is -0.479 e. The average Bonchev–Trinajstić information content (AvgIpc) is 2.76. The van der Waals surface area contributed by atoms with Crippen LogP contribution in [0.5, 0.6) is 5.75 Å². The van der Waals surface area contributed by atoms with E-state index < -0.39 is 38.8 Å². The van der Waals surface area contributed by atoms with Crippen molar-refractivity contribution >= 4 is 44.8 Å². The molecule has 3 rings (SSSR count). The molecule has 1 aromatic carbocycles.